The van der Waals surface area contributed by atoms with Crippen LogP contribution in [-0.4, -0.2) is 42.3 Å². The Hall–Kier alpha value is -1.57. The summed E-state index contributed by atoms with van der Waals surface area (Å²) in [4.78, 5) is 23.2. The molecule has 0 atom stereocenters. The van der Waals surface area contributed by atoms with Gasteiger partial charge in [0.15, 0.2) is 5.12 Å². The molecule has 0 bridgehead atoms. The summed E-state index contributed by atoms with van der Waals surface area (Å²) in [6, 6.07) is 5.38. The van der Waals surface area contributed by atoms with E-state index in [1.165, 1.54) is 18.9 Å². The van der Waals surface area contributed by atoms with E-state index in [1.54, 1.807) is 19.1 Å². The maximum Gasteiger partial charge on any atom is 0.491 e. The van der Waals surface area contributed by atoms with E-state index in [9.17, 15) is 9.59 Å². The summed E-state index contributed by atoms with van der Waals surface area (Å²) in [5.74, 6) is 0.108. The topological polar surface area (TPSA) is 61.8 Å². The van der Waals surface area contributed by atoms with E-state index in [0.29, 0.717) is 11.3 Å². The molecule has 0 amide bonds. The highest BCUT2D eigenvalue weighted by atomic mass is 32.2. The number of esters is 1. The summed E-state index contributed by atoms with van der Waals surface area (Å²) in [5.41, 5.74) is 2.34. The molecule has 5 nitrogen and oxygen atoms in total. The molecule has 1 aliphatic heterocycles. The second-order valence-corrected chi connectivity index (χ2v) is 8.80. The first-order valence-electron chi connectivity index (χ1n) is 8.85. The molecule has 0 radical (unpaired) electrons. The molecular weight excluding hydrogens is 363 g/mol. The fourth-order valence-corrected chi connectivity index (χ4v) is 3.23. The van der Waals surface area contributed by atoms with Crippen molar-refractivity contribution in [3.8, 4) is 0 Å². The zero-order valence-electron chi connectivity index (χ0n) is 17.0. The molecule has 2 rings (SSSR count). The molecule has 7 heteroatoms. The van der Waals surface area contributed by atoms with Crippen LogP contribution in [0.4, 0.5) is 0 Å². The third kappa shape index (κ3) is 5.03. The number of carbonyl (C=O) groups excluding carboxylic acids is 2. The van der Waals surface area contributed by atoms with E-state index in [4.69, 9.17) is 14.0 Å². The van der Waals surface area contributed by atoms with Crippen LogP contribution in [0.1, 0.15) is 56.1 Å². The van der Waals surface area contributed by atoms with Crippen LogP contribution < -0.4 is 0 Å². The summed E-state index contributed by atoms with van der Waals surface area (Å²) < 4.78 is 17.1. The average Bonchev–Trinajstić information content (AvgIpc) is 2.79. The molecule has 27 heavy (non-hydrogen) atoms. The number of ether oxygens (including phenoxy) is 1. The van der Waals surface area contributed by atoms with Gasteiger partial charge in [0.1, 0.15) is 0 Å². The van der Waals surface area contributed by atoms with Crippen molar-refractivity contribution >= 4 is 36.0 Å². The number of rotatable bonds is 5. The highest BCUT2D eigenvalue weighted by Crippen LogP contribution is 2.39. The SMILES string of the molecule is COC(=O)c1ccc(C=C(CSC(C)=O)B2OC(C)(C)C(C)(C)O2)c(C)c1. The highest BCUT2D eigenvalue weighted by Gasteiger charge is 2.52. The van der Waals surface area contributed by atoms with Crippen LogP contribution in [0.3, 0.4) is 0 Å². The van der Waals surface area contributed by atoms with Crippen molar-refractivity contribution in [1.29, 1.82) is 0 Å². The second-order valence-electron chi connectivity index (χ2n) is 7.65. The van der Waals surface area contributed by atoms with Gasteiger partial charge in [-0.15, -0.1) is 0 Å². The van der Waals surface area contributed by atoms with Gasteiger partial charge in [-0.25, -0.2) is 4.79 Å². The van der Waals surface area contributed by atoms with Crippen molar-refractivity contribution in [3.05, 3.63) is 40.4 Å². The number of thioether (sulfide) groups is 1. The van der Waals surface area contributed by atoms with Gasteiger partial charge in [0.05, 0.1) is 23.9 Å². The van der Waals surface area contributed by atoms with Crippen molar-refractivity contribution in [2.45, 2.75) is 52.7 Å². The predicted molar refractivity (Wildman–Crippen MR) is 110 cm³/mol. The number of methoxy groups -OCH3 is 1. The summed E-state index contributed by atoms with van der Waals surface area (Å²) in [6.45, 7) is 11.5. The van der Waals surface area contributed by atoms with E-state index < -0.39 is 18.3 Å². The van der Waals surface area contributed by atoms with Gasteiger partial charge in [0.2, 0.25) is 0 Å². The molecule has 1 heterocycles. The lowest BCUT2D eigenvalue weighted by molar-refractivity contribution is -0.109. The Balaban J connectivity index is 2.37. The quantitative estimate of drug-likeness (QED) is 0.558. The molecule has 1 aromatic carbocycles. The monoisotopic (exact) mass is 390 g/mol. The molecule has 1 saturated heterocycles. The molecule has 0 unspecified atom stereocenters. The number of hydrogen-bond acceptors (Lipinski definition) is 6. The molecule has 1 aromatic rings. The smallest absolute Gasteiger partial charge is 0.465 e. The lowest BCUT2D eigenvalue weighted by Gasteiger charge is -2.32. The highest BCUT2D eigenvalue weighted by molar-refractivity contribution is 8.13. The Morgan fingerprint density at radius 1 is 1.19 bits per heavy atom. The number of aryl methyl sites for hydroxylation is 1. The van der Waals surface area contributed by atoms with E-state index in [1.807, 2.05) is 46.8 Å². The fraction of sp³-hybridized carbons (Fsp3) is 0.500. The number of hydrogen-bond donors (Lipinski definition) is 0. The third-order valence-electron chi connectivity index (χ3n) is 5.03. The first-order valence-corrected chi connectivity index (χ1v) is 9.84. The first-order chi connectivity index (χ1) is 12.5. The third-order valence-corrected chi connectivity index (χ3v) is 5.91. The first kappa shape index (κ1) is 21.7. The van der Waals surface area contributed by atoms with Crippen molar-refractivity contribution in [1.82, 2.24) is 0 Å². The largest absolute Gasteiger partial charge is 0.491 e. The van der Waals surface area contributed by atoms with Crippen molar-refractivity contribution < 1.29 is 23.6 Å². The van der Waals surface area contributed by atoms with Crippen LogP contribution >= 0.6 is 11.8 Å². The molecule has 0 spiro atoms. The van der Waals surface area contributed by atoms with Gasteiger partial charge in [0.25, 0.3) is 0 Å². The van der Waals surface area contributed by atoms with E-state index in [0.717, 1.165) is 16.6 Å². The Kier molecular flexibility index (Phi) is 6.61. The van der Waals surface area contributed by atoms with Gasteiger partial charge in [-0.1, -0.05) is 23.9 Å². The lowest BCUT2D eigenvalue weighted by Crippen LogP contribution is -2.41. The summed E-state index contributed by atoms with van der Waals surface area (Å²) in [7, 11) is 0.836. The normalized spacial score (nSPS) is 18.5. The van der Waals surface area contributed by atoms with Gasteiger partial charge in [-0.3, -0.25) is 4.79 Å². The molecule has 0 saturated carbocycles. The number of carbonyl (C=O) groups is 2. The summed E-state index contributed by atoms with van der Waals surface area (Å²) in [5, 5.41) is 0.0372. The van der Waals surface area contributed by atoms with Crippen LogP contribution in [0.5, 0.6) is 0 Å². The van der Waals surface area contributed by atoms with Gasteiger partial charge in [-0.05, 0) is 63.4 Å². The van der Waals surface area contributed by atoms with Gasteiger partial charge < -0.3 is 14.0 Å². The summed E-state index contributed by atoms with van der Waals surface area (Å²) >= 11 is 1.22. The molecule has 0 N–H and O–H groups in total. The Labute approximate surface area is 166 Å². The van der Waals surface area contributed by atoms with Crippen LogP contribution in [-0.2, 0) is 18.8 Å². The Morgan fingerprint density at radius 3 is 2.26 bits per heavy atom. The molecule has 1 aliphatic rings. The average molecular weight is 390 g/mol. The van der Waals surface area contributed by atoms with Gasteiger partial charge >= 0.3 is 13.1 Å². The van der Waals surface area contributed by atoms with E-state index in [-0.39, 0.29) is 11.1 Å². The minimum absolute atomic E-state index is 0.0372. The van der Waals surface area contributed by atoms with E-state index in [2.05, 4.69) is 0 Å². The second kappa shape index (κ2) is 8.21. The minimum Gasteiger partial charge on any atom is -0.465 e. The zero-order valence-corrected chi connectivity index (χ0v) is 17.9. The van der Waals surface area contributed by atoms with Gasteiger partial charge in [-0.2, -0.15) is 0 Å². The van der Waals surface area contributed by atoms with Gasteiger partial charge in [0, 0.05) is 12.7 Å². The van der Waals surface area contributed by atoms with Crippen LogP contribution in [0.2, 0.25) is 0 Å². The molecule has 0 aliphatic carbocycles. The van der Waals surface area contributed by atoms with Crippen LogP contribution in [0, 0.1) is 6.92 Å². The maximum atomic E-state index is 11.7. The standard InChI is InChI=1S/C20H27BO5S/c1-13-10-16(18(23)24-7)9-8-15(13)11-17(12-27-14(2)22)21-25-19(3,4)20(5,6)26-21/h8-11H,12H2,1-7H3. The fourth-order valence-electron chi connectivity index (χ4n) is 2.64. The zero-order chi connectivity index (χ0) is 20.4. The molecule has 0 aromatic heterocycles. The Morgan fingerprint density at radius 2 is 1.78 bits per heavy atom. The predicted octanol–water partition coefficient (Wildman–Crippen LogP) is 4.08. The van der Waals surface area contributed by atoms with Crippen molar-refractivity contribution in [2.75, 3.05) is 12.9 Å². The lowest BCUT2D eigenvalue weighted by atomic mass is 9.78. The van der Waals surface area contributed by atoms with Crippen molar-refractivity contribution in [3.63, 3.8) is 0 Å². The van der Waals surface area contributed by atoms with Crippen LogP contribution in [0.15, 0.2) is 23.7 Å². The molecular formula is C20H27BO5S. The minimum atomic E-state index is -0.526. The molecule has 146 valence electrons. The maximum absolute atomic E-state index is 11.7. The Bertz CT molecular complexity index is 754. The van der Waals surface area contributed by atoms with Crippen LogP contribution in [0.25, 0.3) is 6.08 Å². The van der Waals surface area contributed by atoms with E-state index >= 15 is 0 Å². The number of benzene rings is 1. The summed E-state index contributed by atoms with van der Waals surface area (Å²) in [6.07, 6.45) is 1.98. The van der Waals surface area contributed by atoms with Crippen molar-refractivity contribution in [2.24, 2.45) is 0 Å². The molecule has 1 fully saturated rings.